The van der Waals surface area contributed by atoms with E-state index in [4.69, 9.17) is 10.5 Å². The number of anilines is 2. The summed E-state index contributed by atoms with van der Waals surface area (Å²) in [6, 6.07) is 3.35. The maximum Gasteiger partial charge on any atom is 0.234 e. The molecule has 0 aliphatic carbocycles. The van der Waals surface area contributed by atoms with Crippen LogP contribution in [-0.4, -0.2) is 23.8 Å². The van der Waals surface area contributed by atoms with E-state index in [1.807, 2.05) is 13.8 Å². The minimum Gasteiger partial charge on any atom is -0.796 e. The summed E-state index contributed by atoms with van der Waals surface area (Å²) < 4.78 is 5.49. The Morgan fingerprint density at radius 3 is 2.67 bits per heavy atom. The summed E-state index contributed by atoms with van der Waals surface area (Å²) in [5.74, 6) is 1.20. The number of pyridine rings is 1. The molecule has 0 unspecified atom stereocenters. The van der Waals surface area contributed by atoms with Crippen molar-refractivity contribution in [3.05, 3.63) is 12.1 Å². The van der Waals surface area contributed by atoms with Crippen molar-refractivity contribution in [1.82, 2.24) is 4.98 Å². The molecule has 1 aliphatic rings. The van der Waals surface area contributed by atoms with Crippen LogP contribution in [0.15, 0.2) is 12.1 Å². The zero-order valence-electron chi connectivity index (χ0n) is 10.5. The summed E-state index contributed by atoms with van der Waals surface area (Å²) in [6.07, 6.45) is 1.58. The van der Waals surface area contributed by atoms with Crippen molar-refractivity contribution in [2.75, 3.05) is 23.9 Å². The van der Waals surface area contributed by atoms with Crippen LogP contribution in [0.4, 0.5) is 11.6 Å². The maximum atomic E-state index is 11.7. The van der Waals surface area contributed by atoms with E-state index in [9.17, 15) is 4.79 Å². The van der Waals surface area contributed by atoms with E-state index in [-0.39, 0.29) is 27.0 Å². The van der Waals surface area contributed by atoms with Crippen molar-refractivity contribution in [3.8, 4) is 5.75 Å². The van der Waals surface area contributed by atoms with Crippen LogP contribution in [0.25, 0.3) is 0 Å². The van der Waals surface area contributed by atoms with Gasteiger partial charge < -0.3 is 28.4 Å². The van der Waals surface area contributed by atoms with Crippen molar-refractivity contribution in [2.24, 2.45) is 5.41 Å². The zero-order valence-corrected chi connectivity index (χ0v) is 14.3. The van der Waals surface area contributed by atoms with Crippen LogP contribution >= 0.6 is 0 Å². The predicted octanol–water partition coefficient (Wildman–Crippen LogP) is 1.18. The van der Waals surface area contributed by atoms with Gasteiger partial charge >= 0.3 is 0 Å². The standard InChI is InChI=1S/C10H13N3O2.CH4S.W/c1-10(2)5-15-6-3-4-7(11)12-8(6)13-9(10)14;1-2;/h3-4H,5H2,1-2H3,(H3,11,12,13,14);2H,1H3;/p-1. The van der Waals surface area contributed by atoms with Gasteiger partial charge in [-0.25, -0.2) is 4.98 Å². The maximum absolute atomic E-state index is 11.7. The Balaban J connectivity index is 0.000000917. The molecule has 2 rings (SSSR count). The topological polar surface area (TPSA) is 77.2 Å². The number of carbonyl (C=O) groups excluding carboxylic acids is 1. The summed E-state index contributed by atoms with van der Waals surface area (Å²) in [5, 5.41) is 2.70. The van der Waals surface area contributed by atoms with Gasteiger partial charge in [-0.3, -0.25) is 4.79 Å². The van der Waals surface area contributed by atoms with E-state index < -0.39 is 5.41 Å². The molecular weight excluding hydrogens is 422 g/mol. The fourth-order valence-corrected chi connectivity index (χ4v) is 1.27. The van der Waals surface area contributed by atoms with E-state index in [0.717, 1.165) is 0 Å². The smallest absolute Gasteiger partial charge is 0.234 e. The Labute approximate surface area is 127 Å². The Bertz CT molecular complexity index is 427. The normalized spacial score (nSPS) is 15.7. The third-order valence-electron chi connectivity index (χ3n) is 2.31. The largest absolute Gasteiger partial charge is 0.796 e. The Morgan fingerprint density at radius 2 is 2.06 bits per heavy atom. The van der Waals surface area contributed by atoms with Gasteiger partial charge in [0.1, 0.15) is 12.4 Å². The minimum absolute atomic E-state index is 0. The monoisotopic (exact) mass is 438 g/mol. The van der Waals surface area contributed by atoms with Crippen LogP contribution in [-0.2, 0) is 38.5 Å². The molecule has 3 N–H and O–H groups in total. The number of fused-ring (bicyclic) bond motifs is 1. The number of hydrogen-bond acceptors (Lipinski definition) is 5. The SMILES string of the molecule is CC1(C)COc2ccc(N)nc2NC1=O.C[S-].[W]. The molecule has 2 heterocycles. The quantitative estimate of drug-likeness (QED) is 0.596. The third kappa shape index (κ3) is 3.88. The fourth-order valence-electron chi connectivity index (χ4n) is 1.27. The number of nitrogens with two attached hydrogens (primary N) is 1. The number of ether oxygens (including phenoxy) is 1. The molecule has 18 heavy (non-hydrogen) atoms. The number of rotatable bonds is 0. The first-order chi connectivity index (χ1) is 7.99. The Hall–Kier alpha value is -0.742. The number of hydrogen-bond donors (Lipinski definition) is 2. The molecule has 0 saturated carbocycles. The molecule has 0 saturated heterocycles. The van der Waals surface area contributed by atoms with Crippen LogP contribution in [0, 0.1) is 5.41 Å². The number of nitrogen functional groups attached to an aromatic ring is 1. The molecule has 1 aromatic rings. The van der Waals surface area contributed by atoms with Crippen LogP contribution in [0.2, 0.25) is 0 Å². The van der Waals surface area contributed by atoms with Gasteiger partial charge in [-0.2, -0.15) is 6.26 Å². The Kier molecular flexibility index (Phi) is 6.71. The second-order valence-corrected chi connectivity index (χ2v) is 4.21. The number of aromatic nitrogens is 1. The van der Waals surface area contributed by atoms with Gasteiger partial charge in [-0.15, -0.1) is 0 Å². The molecule has 0 spiro atoms. The average Bonchev–Trinajstić information content (AvgIpc) is 2.40. The molecule has 1 aliphatic heterocycles. The average molecular weight is 438 g/mol. The second-order valence-electron chi connectivity index (χ2n) is 4.21. The number of nitrogens with zero attached hydrogens (tertiary/aromatic N) is 1. The number of carbonyl (C=O) groups is 1. The van der Waals surface area contributed by atoms with Gasteiger partial charge in [0.25, 0.3) is 0 Å². The molecule has 1 aromatic heterocycles. The first kappa shape index (κ1) is 17.3. The van der Waals surface area contributed by atoms with Gasteiger partial charge in [-0.05, 0) is 26.0 Å². The van der Waals surface area contributed by atoms with Gasteiger partial charge in [0.05, 0.1) is 5.41 Å². The van der Waals surface area contributed by atoms with Gasteiger partial charge in [0, 0.05) is 21.1 Å². The first-order valence-corrected chi connectivity index (χ1v) is 5.92. The van der Waals surface area contributed by atoms with Gasteiger partial charge in [0.2, 0.25) is 5.91 Å². The van der Waals surface area contributed by atoms with E-state index >= 15 is 0 Å². The van der Waals surface area contributed by atoms with Crippen molar-refractivity contribution >= 4 is 30.2 Å². The molecule has 7 heteroatoms. The minimum atomic E-state index is -0.560. The van der Waals surface area contributed by atoms with Gasteiger partial charge in [-0.1, -0.05) is 0 Å². The zero-order chi connectivity index (χ0) is 13.1. The van der Waals surface area contributed by atoms with E-state index in [1.165, 1.54) is 0 Å². The molecule has 5 nitrogen and oxygen atoms in total. The van der Waals surface area contributed by atoms with Gasteiger partial charge in [0.15, 0.2) is 11.6 Å². The molecule has 0 aromatic carbocycles. The second kappa shape index (κ2) is 7.00. The van der Waals surface area contributed by atoms with Crippen LogP contribution < -0.4 is 15.8 Å². The summed E-state index contributed by atoms with van der Waals surface area (Å²) >= 11 is 4.08. The molecule has 100 valence electrons. The van der Waals surface area contributed by atoms with Crippen LogP contribution in [0.3, 0.4) is 0 Å². The fraction of sp³-hybridized carbons (Fsp3) is 0.455. The van der Waals surface area contributed by atoms with E-state index in [0.29, 0.717) is 24.0 Å². The molecule has 0 bridgehead atoms. The molecule has 1 amide bonds. The third-order valence-corrected chi connectivity index (χ3v) is 2.31. The number of nitrogens with one attached hydrogen (secondary N) is 1. The van der Waals surface area contributed by atoms with Crippen LogP contribution in [0.1, 0.15) is 13.8 Å². The summed E-state index contributed by atoms with van der Waals surface area (Å²) in [5.41, 5.74) is 4.97. The molecule has 0 fully saturated rings. The molecular formula is C11H16N3O2SW-. The summed E-state index contributed by atoms with van der Waals surface area (Å²) in [6.45, 7) is 3.96. The van der Waals surface area contributed by atoms with Crippen molar-refractivity contribution < 1.29 is 30.6 Å². The van der Waals surface area contributed by atoms with Crippen LogP contribution in [0.5, 0.6) is 5.75 Å². The molecule has 0 radical (unpaired) electrons. The first-order valence-electron chi connectivity index (χ1n) is 5.11. The molecule has 0 atom stereocenters. The van der Waals surface area contributed by atoms with E-state index in [2.05, 4.69) is 22.9 Å². The van der Waals surface area contributed by atoms with Crippen molar-refractivity contribution in [2.45, 2.75) is 13.8 Å². The summed E-state index contributed by atoms with van der Waals surface area (Å²) in [4.78, 5) is 15.7. The van der Waals surface area contributed by atoms with Crippen molar-refractivity contribution in [3.63, 3.8) is 0 Å². The Morgan fingerprint density at radius 1 is 1.44 bits per heavy atom. The van der Waals surface area contributed by atoms with E-state index in [1.54, 1.807) is 18.4 Å². The predicted molar refractivity (Wildman–Crippen MR) is 69.8 cm³/mol. The van der Waals surface area contributed by atoms with Crippen molar-refractivity contribution in [1.29, 1.82) is 0 Å². The summed E-state index contributed by atoms with van der Waals surface area (Å²) in [7, 11) is 0. The number of amides is 1.